The highest BCUT2D eigenvalue weighted by molar-refractivity contribution is 5.24. The third-order valence-electron chi connectivity index (χ3n) is 8.88. The Bertz CT molecular complexity index is 461. The molecule has 0 heteroatoms. The Labute approximate surface area is 138 Å². The molecule has 0 nitrogen and oxygen atoms in total. The van der Waals surface area contributed by atoms with Gasteiger partial charge in [0, 0.05) is 0 Å². The SMILES string of the molecule is CC/C=C1/CCC2C3CCC4CCCCC4(C)C3CCC12C. The first kappa shape index (κ1) is 15.3. The molecule has 0 N–H and O–H groups in total. The molecule has 4 saturated carbocycles. The third kappa shape index (κ3) is 2.01. The van der Waals surface area contributed by atoms with Gasteiger partial charge in [-0.25, -0.2) is 0 Å². The van der Waals surface area contributed by atoms with Crippen LogP contribution in [0.3, 0.4) is 0 Å². The maximum absolute atomic E-state index is 2.70. The van der Waals surface area contributed by atoms with Gasteiger partial charge in [-0.05, 0) is 92.3 Å². The van der Waals surface area contributed by atoms with Gasteiger partial charge in [-0.2, -0.15) is 0 Å². The van der Waals surface area contributed by atoms with Crippen LogP contribution in [0.4, 0.5) is 0 Å². The summed E-state index contributed by atoms with van der Waals surface area (Å²) in [4.78, 5) is 0. The van der Waals surface area contributed by atoms with Crippen molar-refractivity contribution in [3.63, 3.8) is 0 Å². The monoisotopic (exact) mass is 300 g/mol. The van der Waals surface area contributed by atoms with Crippen molar-refractivity contribution in [3.05, 3.63) is 11.6 Å². The van der Waals surface area contributed by atoms with Gasteiger partial charge in [0.25, 0.3) is 0 Å². The summed E-state index contributed by atoms with van der Waals surface area (Å²) < 4.78 is 0. The molecule has 0 spiro atoms. The molecule has 0 amide bonds. The molecular formula is C22H36. The minimum atomic E-state index is 0.578. The van der Waals surface area contributed by atoms with E-state index in [2.05, 4.69) is 26.8 Å². The molecule has 6 unspecified atom stereocenters. The quantitative estimate of drug-likeness (QED) is 0.469. The van der Waals surface area contributed by atoms with Crippen LogP contribution in [0.2, 0.25) is 0 Å². The number of hydrogen-bond donors (Lipinski definition) is 0. The lowest BCUT2D eigenvalue weighted by Crippen LogP contribution is -2.52. The maximum atomic E-state index is 2.70. The van der Waals surface area contributed by atoms with E-state index in [9.17, 15) is 0 Å². The zero-order valence-electron chi connectivity index (χ0n) is 15.2. The van der Waals surface area contributed by atoms with Crippen molar-refractivity contribution in [2.75, 3.05) is 0 Å². The number of allylic oxidation sites excluding steroid dienone is 2. The van der Waals surface area contributed by atoms with Crippen LogP contribution >= 0.6 is 0 Å². The second-order valence-electron chi connectivity index (χ2n) is 9.54. The summed E-state index contributed by atoms with van der Waals surface area (Å²) in [5, 5.41) is 0. The lowest BCUT2D eigenvalue weighted by molar-refractivity contribution is -0.0972. The van der Waals surface area contributed by atoms with Gasteiger partial charge >= 0.3 is 0 Å². The van der Waals surface area contributed by atoms with Gasteiger partial charge in [-0.3, -0.25) is 0 Å². The molecule has 6 atom stereocenters. The Hall–Kier alpha value is -0.260. The van der Waals surface area contributed by atoms with Crippen LogP contribution < -0.4 is 0 Å². The maximum Gasteiger partial charge on any atom is -0.00852 e. The highest BCUT2D eigenvalue weighted by Crippen LogP contribution is 2.67. The molecule has 4 fully saturated rings. The minimum absolute atomic E-state index is 0.578. The Morgan fingerprint density at radius 2 is 1.82 bits per heavy atom. The molecule has 0 aromatic heterocycles. The molecule has 0 radical (unpaired) electrons. The van der Waals surface area contributed by atoms with Gasteiger partial charge in [-0.15, -0.1) is 0 Å². The zero-order chi connectivity index (χ0) is 15.4. The average molecular weight is 301 g/mol. The number of hydrogen-bond acceptors (Lipinski definition) is 0. The summed E-state index contributed by atoms with van der Waals surface area (Å²) in [6.07, 6.45) is 19.0. The Balaban J connectivity index is 1.63. The van der Waals surface area contributed by atoms with Gasteiger partial charge in [0.2, 0.25) is 0 Å². The van der Waals surface area contributed by atoms with Crippen molar-refractivity contribution in [1.82, 2.24) is 0 Å². The largest absolute Gasteiger partial charge is 0.0850 e. The Morgan fingerprint density at radius 3 is 2.64 bits per heavy atom. The topological polar surface area (TPSA) is 0 Å². The summed E-state index contributed by atoms with van der Waals surface area (Å²) in [6.45, 7) is 7.66. The fraction of sp³-hybridized carbons (Fsp3) is 0.909. The van der Waals surface area contributed by atoms with Gasteiger partial charge in [0.1, 0.15) is 0 Å². The summed E-state index contributed by atoms with van der Waals surface area (Å²) >= 11 is 0. The number of rotatable bonds is 1. The van der Waals surface area contributed by atoms with Crippen LogP contribution in [0.25, 0.3) is 0 Å². The molecule has 0 heterocycles. The molecule has 0 saturated heterocycles. The van der Waals surface area contributed by atoms with Crippen molar-refractivity contribution in [2.45, 2.75) is 91.4 Å². The van der Waals surface area contributed by atoms with Gasteiger partial charge in [-0.1, -0.05) is 45.3 Å². The van der Waals surface area contributed by atoms with E-state index in [1.165, 1.54) is 44.9 Å². The van der Waals surface area contributed by atoms with Crippen molar-refractivity contribution in [2.24, 2.45) is 34.5 Å². The second-order valence-corrected chi connectivity index (χ2v) is 9.54. The van der Waals surface area contributed by atoms with Crippen molar-refractivity contribution in [1.29, 1.82) is 0 Å². The summed E-state index contributed by atoms with van der Waals surface area (Å²) in [7, 11) is 0. The highest BCUT2D eigenvalue weighted by Gasteiger charge is 2.58. The standard InChI is InChI=1S/C22H36/c1-4-7-16-10-12-19-18-11-9-17-8-5-6-14-21(17,2)20(18)13-15-22(16,19)3/h7,17-20H,4-6,8-15H2,1-3H3/b16-7-. The molecule has 0 aromatic rings. The Morgan fingerprint density at radius 1 is 0.955 bits per heavy atom. The van der Waals surface area contributed by atoms with E-state index in [1.807, 2.05) is 5.57 Å². The third-order valence-corrected chi connectivity index (χ3v) is 8.88. The normalized spacial score (nSPS) is 53.0. The first-order chi connectivity index (χ1) is 10.6. The van der Waals surface area contributed by atoms with Crippen molar-refractivity contribution < 1.29 is 0 Å². The summed E-state index contributed by atoms with van der Waals surface area (Å²) in [5.74, 6) is 4.20. The van der Waals surface area contributed by atoms with Crippen molar-refractivity contribution >= 4 is 0 Å². The second kappa shape index (κ2) is 5.38. The summed E-state index contributed by atoms with van der Waals surface area (Å²) in [6, 6.07) is 0. The van der Waals surface area contributed by atoms with E-state index in [4.69, 9.17) is 0 Å². The van der Waals surface area contributed by atoms with E-state index in [1.54, 1.807) is 25.7 Å². The molecule has 0 aliphatic heterocycles. The molecule has 0 bridgehead atoms. The summed E-state index contributed by atoms with van der Waals surface area (Å²) in [5.41, 5.74) is 3.13. The fourth-order valence-electron chi connectivity index (χ4n) is 7.72. The van der Waals surface area contributed by atoms with E-state index < -0.39 is 0 Å². The van der Waals surface area contributed by atoms with Crippen LogP contribution in [0, 0.1) is 34.5 Å². The van der Waals surface area contributed by atoms with Crippen LogP contribution in [0.1, 0.15) is 91.4 Å². The van der Waals surface area contributed by atoms with Gasteiger partial charge < -0.3 is 0 Å². The number of fused-ring (bicyclic) bond motifs is 5. The predicted octanol–water partition coefficient (Wildman–Crippen LogP) is 6.76. The van der Waals surface area contributed by atoms with E-state index >= 15 is 0 Å². The van der Waals surface area contributed by atoms with E-state index in [0.717, 1.165) is 23.7 Å². The molecule has 4 aliphatic carbocycles. The smallest absolute Gasteiger partial charge is 0.00852 e. The molecular weight excluding hydrogens is 264 g/mol. The zero-order valence-corrected chi connectivity index (χ0v) is 15.2. The predicted molar refractivity (Wildman–Crippen MR) is 94.7 cm³/mol. The fourth-order valence-corrected chi connectivity index (χ4v) is 7.72. The lowest BCUT2D eigenvalue weighted by Gasteiger charge is -2.60. The molecule has 22 heavy (non-hydrogen) atoms. The highest BCUT2D eigenvalue weighted by atomic mass is 14.6. The van der Waals surface area contributed by atoms with Gasteiger partial charge in [0.15, 0.2) is 0 Å². The van der Waals surface area contributed by atoms with Gasteiger partial charge in [0.05, 0.1) is 0 Å². The molecule has 4 aliphatic rings. The van der Waals surface area contributed by atoms with Crippen LogP contribution in [-0.4, -0.2) is 0 Å². The van der Waals surface area contributed by atoms with Crippen molar-refractivity contribution in [3.8, 4) is 0 Å². The lowest BCUT2D eigenvalue weighted by atomic mass is 9.45. The van der Waals surface area contributed by atoms with Crippen LogP contribution in [0.5, 0.6) is 0 Å². The minimum Gasteiger partial charge on any atom is -0.0850 e. The molecule has 124 valence electrons. The Kier molecular flexibility index (Phi) is 3.74. The van der Waals surface area contributed by atoms with E-state index in [0.29, 0.717) is 10.8 Å². The van der Waals surface area contributed by atoms with Crippen LogP contribution in [-0.2, 0) is 0 Å². The van der Waals surface area contributed by atoms with E-state index in [-0.39, 0.29) is 0 Å². The molecule has 4 rings (SSSR count). The first-order valence-corrected chi connectivity index (χ1v) is 10.3. The van der Waals surface area contributed by atoms with Crippen LogP contribution in [0.15, 0.2) is 11.6 Å². The molecule has 0 aromatic carbocycles. The average Bonchev–Trinajstić information content (AvgIpc) is 2.84. The first-order valence-electron chi connectivity index (χ1n) is 10.3.